The number of nitrogens with two attached hydrogens (primary N) is 1. The van der Waals surface area contributed by atoms with Gasteiger partial charge in [0.25, 0.3) is 0 Å². The van der Waals surface area contributed by atoms with Crippen LogP contribution in [-0.4, -0.2) is 22.8 Å². The van der Waals surface area contributed by atoms with Crippen molar-refractivity contribution in [1.29, 1.82) is 0 Å². The molecule has 0 bridgehead atoms. The van der Waals surface area contributed by atoms with Crippen LogP contribution in [0.5, 0.6) is 0 Å². The van der Waals surface area contributed by atoms with Gasteiger partial charge in [0.05, 0.1) is 0 Å². The summed E-state index contributed by atoms with van der Waals surface area (Å²) in [6.45, 7) is 4.77. The molecule has 1 unspecified atom stereocenters. The summed E-state index contributed by atoms with van der Waals surface area (Å²) >= 11 is 2.02. The van der Waals surface area contributed by atoms with E-state index in [-0.39, 0.29) is 5.78 Å². The van der Waals surface area contributed by atoms with Crippen molar-refractivity contribution in [3.63, 3.8) is 0 Å². The lowest BCUT2D eigenvalue weighted by Crippen LogP contribution is -2.27. The van der Waals surface area contributed by atoms with E-state index in [1.54, 1.807) is 13.0 Å². The first-order valence-corrected chi connectivity index (χ1v) is 7.27. The van der Waals surface area contributed by atoms with Gasteiger partial charge in [-0.25, -0.2) is 0 Å². The van der Waals surface area contributed by atoms with E-state index >= 15 is 0 Å². The number of nitrogens with one attached hydrogen (secondary N) is 1. The van der Waals surface area contributed by atoms with Crippen LogP contribution in [0.4, 0.5) is 11.4 Å². The van der Waals surface area contributed by atoms with Crippen LogP contribution in [0.25, 0.3) is 0 Å². The average molecular weight is 264 g/mol. The summed E-state index contributed by atoms with van der Waals surface area (Å²) < 4.78 is 0.317. The van der Waals surface area contributed by atoms with E-state index in [9.17, 15) is 4.79 Å². The van der Waals surface area contributed by atoms with Crippen LogP contribution >= 0.6 is 11.8 Å². The van der Waals surface area contributed by atoms with Crippen LogP contribution < -0.4 is 11.1 Å². The predicted octanol–water partition coefficient (Wildman–Crippen LogP) is 3.17. The Hall–Kier alpha value is -1.16. The standard InChI is InChI=1S/C14H20N2OS/c1-10(17)12-8-11(4-5-13(12)15)16-9-14(2)6-3-7-18-14/h4-5,8,16H,3,6-7,9,15H2,1-2H3. The number of nitrogen functional groups attached to an aromatic ring is 1. The number of anilines is 2. The lowest BCUT2D eigenvalue weighted by molar-refractivity contribution is 0.101. The molecular formula is C14H20N2OS. The fraction of sp³-hybridized carbons (Fsp3) is 0.500. The van der Waals surface area contributed by atoms with Crippen LogP contribution in [0.15, 0.2) is 18.2 Å². The molecule has 0 saturated carbocycles. The second kappa shape index (κ2) is 5.22. The zero-order chi connectivity index (χ0) is 13.2. The topological polar surface area (TPSA) is 55.1 Å². The van der Waals surface area contributed by atoms with Crippen molar-refractivity contribution in [3.05, 3.63) is 23.8 Å². The minimum absolute atomic E-state index is 0.0117. The van der Waals surface area contributed by atoms with E-state index in [1.165, 1.54) is 18.6 Å². The van der Waals surface area contributed by atoms with Gasteiger partial charge in [-0.1, -0.05) is 0 Å². The molecule has 1 aliphatic rings. The predicted molar refractivity (Wildman–Crippen MR) is 79.4 cm³/mol. The van der Waals surface area contributed by atoms with Gasteiger partial charge < -0.3 is 11.1 Å². The van der Waals surface area contributed by atoms with Gasteiger partial charge in [-0.3, -0.25) is 4.79 Å². The molecule has 4 heteroatoms. The molecule has 1 aliphatic heterocycles. The fourth-order valence-corrected chi connectivity index (χ4v) is 3.48. The monoisotopic (exact) mass is 264 g/mol. The molecule has 1 aromatic rings. The quantitative estimate of drug-likeness (QED) is 0.648. The Bertz CT molecular complexity index is 453. The number of benzene rings is 1. The van der Waals surface area contributed by atoms with Gasteiger partial charge in [-0.05, 0) is 50.6 Å². The van der Waals surface area contributed by atoms with Gasteiger partial charge in [0.1, 0.15) is 0 Å². The number of carbonyl (C=O) groups excluding carboxylic acids is 1. The highest BCUT2D eigenvalue weighted by Crippen LogP contribution is 2.37. The first-order valence-electron chi connectivity index (χ1n) is 6.28. The number of Topliss-reactive ketones (excluding diaryl/α,β-unsaturated/α-hetero) is 1. The molecule has 1 aromatic carbocycles. The van der Waals surface area contributed by atoms with Crippen molar-refractivity contribution in [1.82, 2.24) is 0 Å². The molecule has 1 atom stereocenters. The van der Waals surface area contributed by atoms with Crippen molar-refractivity contribution in [3.8, 4) is 0 Å². The zero-order valence-electron chi connectivity index (χ0n) is 11.0. The number of thioether (sulfide) groups is 1. The zero-order valence-corrected chi connectivity index (χ0v) is 11.8. The first kappa shape index (κ1) is 13.3. The number of hydrogen-bond acceptors (Lipinski definition) is 4. The lowest BCUT2D eigenvalue weighted by Gasteiger charge is -2.23. The second-order valence-corrected chi connectivity index (χ2v) is 6.80. The van der Waals surface area contributed by atoms with Crippen LogP contribution in [0.1, 0.15) is 37.0 Å². The highest BCUT2D eigenvalue weighted by molar-refractivity contribution is 8.00. The summed E-state index contributed by atoms with van der Waals surface area (Å²) in [5.74, 6) is 1.26. The highest BCUT2D eigenvalue weighted by Gasteiger charge is 2.29. The van der Waals surface area contributed by atoms with E-state index in [0.29, 0.717) is 16.0 Å². The van der Waals surface area contributed by atoms with E-state index in [2.05, 4.69) is 12.2 Å². The molecule has 0 spiro atoms. The van der Waals surface area contributed by atoms with Crippen molar-refractivity contribution in [2.75, 3.05) is 23.3 Å². The fourth-order valence-electron chi connectivity index (χ4n) is 2.24. The Labute approximate surface area is 113 Å². The van der Waals surface area contributed by atoms with Crippen LogP contribution in [-0.2, 0) is 0 Å². The molecule has 1 fully saturated rings. The van der Waals surface area contributed by atoms with Crippen LogP contribution in [0, 0.1) is 0 Å². The van der Waals surface area contributed by atoms with Crippen molar-refractivity contribution < 1.29 is 4.79 Å². The van der Waals surface area contributed by atoms with Gasteiger partial charge in [0.2, 0.25) is 0 Å². The Morgan fingerprint density at radius 1 is 1.56 bits per heavy atom. The Kier molecular flexibility index (Phi) is 3.85. The highest BCUT2D eigenvalue weighted by atomic mass is 32.2. The molecule has 0 aliphatic carbocycles. The SMILES string of the molecule is CC(=O)c1cc(NCC2(C)CCCS2)ccc1N. The molecule has 1 heterocycles. The maximum atomic E-state index is 11.4. The Balaban J connectivity index is 2.05. The van der Waals surface area contributed by atoms with Crippen molar-refractivity contribution >= 4 is 28.9 Å². The third kappa shape index (κ3) is 2.99. The average Bonchev–Trinajstić information content (AvgIpc) is 2.75. The normalized spacial score (nSPS) is 23.0. The summed E-state index contributed by atoms with van der Waals surface area (Å²) in [7, 11) is 0. The van der Waals surface area contributed by atoms with Crippen LogP contribution in [0.3, 0.4) is 0 Å². The molecule has 2 rings (SSSR count). The molecule has 0 radical (unpaired) electrons. The summed E-state index contributed by atoms with van der Waals surface area (Å²) in [6.07, 6.45) is 2.54. The summed E-state index contributed by atoms with van der Waals surface area (Å²) in [6, 6.07) is 5.58. The summed E-state index contributed by atoms with van der Waals surface area (Å²) in [4.78, 5) is 11.4. The number of rotatable bonds is 4. The van der Waals surface area contributed by atoms with Crippen molar-refractivity contribution in [2.45, 2.75) is 31.4 Å². The van der Waals surface area contributed by atoms with Gasteiger partial charge in [-0.2, -0.15) is 11.8 Å². The molecule has 18 heavy (non-hydrogen) atoms. The first-order chi connectivity index (χ1) is 8.50. The number of ketones is 1. The Morgan fingerprint density at radius 3 is 2.94 bits per heavy atom. The van der Waals surface area contributed by atoms with Crippen molar-refractivity contribution in [2.24, 2.45) is 0 Å². The Morgan fingerprint density at radius 2 is 2.33 bits per heavy atom. The maximum Gasteiger partial charge on any atom is 0.161 e. The van der Waals surface area contributed by atoms with E-state index in [4.69, 9.17) is 5.73 Å². The smallest absolute Gasteiger partial charge is 0.161 e. The minimum atomic E-state index is 0.0117. The van der Waals surface area contributed by atoms with Gasteiger partial charge in [0.15, 0.2) is 5.78 Å². The van der Waals surface area contributed by atoms with Crippen LogP contribution in [0.2, 0.25) is 0 Å². The number of hydrogen-bond donors (Lipinski definition) is 2. The summed E-state index contributed by atoms with van der Waals surface area (Å²) in [5, 5.41) is 3.42. The lowest BCUT2D eigenvalue weighted by atomic mass is 10.0. The molecule has 1 saturated heterocycles. The second-order valence-electron chi connectivity index (χ2n) is 5.11. The van der Waals surface area contributed by atoms with Gasteiger partial charge in [-0.15, -0.1) is 0 Å². The third-order valence-electron chi connectivity index (χ3n) is 3.40. The number of carbonyl (C=O) groups is 1. The van der Waals surface area contributed by atoms with E-state index in [0.717, 1.165) is 12.2 Å². The molecule has 3 N–H and O–H groups in total. The third-order valence-corrected chi connectivity index (χ3v) is 4.94. The molecule has 0 amide bonds. The van der Waals surface area contributed by atoms with Gasteiger partial charge in [0, 0.05) is 28.2 Å². The van der Waals surface area contributed by atoms with E-state index < -0.39 is 0 Å². The molecule has 3 nitrogen and oxygen atoms in total. The molecule has 98 valence electrons. The summed E-state index contributed by atoms with van der Waals surface area (Å²) in [5.41, 5.74) is 7.91. The largest absolute Gasteiger partial charge is 0.398 e. The van der Waals surface area contributed by atoms with Gasteiger partial charge >= 0.3 is 0 Å². The molecular weight excluding hydrogens is 244 g/mol. The minimum Gasteiger partial charge on any atom is -0.398 e. The molecule has 0 aromatic heterocycles. The maximum absolute atomic E-state index is 11.4. The van der Waals surface area contributed by atoms with E-state index in [1.807, 2.05) is 23.9 Å².